The van der Waals surface area contributed by atoms with Gasteiger partial charge < -0.3 is 14.0 Å². The number of hydrogen-bond acceptors (Lipinski definition) is 4. The molecule has 2 aliphatic rings. The van der Waals surface area contributed by atoms with Gasteiger partial charge >= 0.3 is 13.2 Å². The fourth-order valence-electron chi connectivity index (χ4n) is 2.72. The van der Waals surface area contributed by atoms with Crippen LogP contribution < -0.4 is 0 Å². The Bertz CT molecular complexity index is 515. The third-order valence-corrected chi connectivity index (χ3v) is 4.74. The van der Waals surface area contributed by atoms with E-state index in [1.54, 1.807) is 4.90 Å². The minimum Gasteiger partial charge on any atom is -0.444 e. The summed E-state index contributed by atoms with van der Waals surface area (Å²) in [5.74, 6) is 0. The number of carbonyl (C=O) groups excluding carboxylic acids is 1. The van der Waals surface area contributed by atoms with Crippen molar-refractivity contribution in [3.63, 3.8) is 0 Å². The summed E-state index contributed by atoms with van der Waals surface area (Å²) >= 11 is 0. The molecule has 0 spiro atoms. The average Bonchev–Trinajstić information content (AvgIpc) is 2.71. The molecule has 0 unspecified atom stereocenters. The summed E-state index contributed by atoms with van der Waals surface area (Å²) in [6, 6.07) is 0. The van der Waals surface area contributed by atoms with E-state index < -0.39 is 18.3 Å². The van der Waals surface area contributed by atoms with E-state index in [4.69, 9.17) is 14.0 Å². The lowest BCUT2D eigenvalue weighted by Gasteiger charge is -2.33. The lowest BCUT2D eigenvalue weighted by Crippen LogP contribution is -2.46. The Morgan fingerprint density at radius 3 is 2.04 bits per heavy atom. The van der Waals surface area contributed by atoms with E-state index >= 15 is 0 Å². The van der Waals surface area contributed by atoms with Gasteiger partial charge in [-0.05, 0) is 67.8 Å². The highest BCUT2D eigenvalue weighted by atomic mass is 16.7. The number of amides is 1. The summed E-state index contributed by atoms with van der Waals surface area (Å²) in [5, 5.41) is 0. The highest BCUT2D eigenvalue weighted by Gasteiger charge is 2.54. The summed E-state index contributed by atoms with van der Waals surface area (Å²) in [6.07, 6.45) is 1.74. The van der Waals surface area contributed by atoms with Gasteiger partial charge in [0.1, 0.15) is 5.60 Å². The second kappa shape index (κ2) is 5.25. The molecular formula is C17H30BNO4. The van der Waals surface area contributed by atoms with Crippen molar-refractivity contribution >= 4 is 13.2 Å². The minimum atomic E-state index is -0.514. The van der Waals surface area contributed by atoms with Crippen LogP contribution in [0.25, 0.3) is 0 Å². The number of nitrogens with zero attached hydrogens (tertiary/aromatic N) is 1. The number of ether oxygens (including phenoxy) is 1. The van der Waals surface area contributed by atoms with Gasteiger partial charge in [0.25, 0.3) is 0 Å². The molecule has 1 amide bonds. The van der Waals surface area contributed by atoms with Crippen LogP contribution in [0.15, 0.2) is 11.5 Å². The highest BCUT2D eigenvalue weighted by molar-refractivity contribution is 6.55. The highest BCUT2D eigenvalue weighted by Crippen LogP contribution is 2.41. The molecule has 23 heavy (non-hydrogen) atoms. The van der Waals surface area contributed by atoms with Crippen LogP contribution in [0.5, 0.6) is 0 Å². The molecule has 0 aromatic rings. The molecule has 1 saturated heterocycles. The number of hydrogen-bond donors (Lipinski definition) is 0. The maximum Gasteiger partial charge on any atom is 0.492 e. The first kappa shape index (κ1) is 18.3. The van der Waals surface area contributed by atoms with Gasteiger partial charge in [0, 0.05) is 6.54 Å². The second-order valence-electron chi connectivity index (χ2n) is 9.03. The zero-order valence-electron chi connectivity index (χ0n) is 15.9. The second-order valence-corrected chi connectivity index (χ2v) is 9.03. The van der Waals surface area contributed by atoms with Crippen molar-refractivity contribution in [2.45, 2.75) is 84.7 Å². The van der Waals surface area contributed by atoms with Crippen LogP contribution in [0.1, 0.15) is 62.3 Å². The Morgan fingerprint density at radius 1 is 1.13 bits per heavy atom. The van der Waals surface area contributed by atoms with Crippen LogP contribution in [-0.2, 0) is 14.0 Å². The van der Waals surface area contributed by atoms with E-state index in [2.05, 4.69) is 6.08 Å². The third kappa shape index (κ3) is 3.58. The molecule has 0 saturated carbocycles. The Balaban J connectivity index is 2.15. The summed E-state index contributed by atoms with van der Waals surface area (Å²) < 4.78 is 17.7. The van der Waals surface area contributed by atoms with Crippen molar-refractivity contribution in [1.82, 2.24) is 4.90 Å². The molecule has 0 atom stereocenters. The first-order valence-corrected chi connectivity index (χ1v) is 8.23. The lowest BCUT2D eigenvalue weighted by molar-refractivity contribution is 0.00578. The van der Waals surface area contributed by atoms with Crippen LogP contribution in [0.3, 0.4) is 0 Å². The van der Waals surface area contributed by atoms with Crippen molar-refractivity contribution in [2.24, 2.45) is 0 Å². The summed E-state index contributed by atoms with van der Waals surface area (Å²) in [5.41, 5.74) is -0.745. The summed E-state index contributed by atoms with van der Waals surface area (Å²) in [4.78, 5) is 14.2. The molecule has 0 aromatic carbocycles. The Kier molecular flexibility index (Phi) is 4.18. The molecule has 130 valence electrons. The third-order valence-electron chi connectivity index (χ3n) is 4.74. The van der Waals surface area contributed by atoms with Gasteiger partial charge in [0.2, 0.25) is 0 Å². The smallest absolute Gasteiger partial charge is 0.444 e. The lowest BCUT2D eigenvalue weighted by atomic mass is 9.78. The molecule has 0 bridgehead atoms. The van der Waals surface area contributed by atoms with Gasteiger partial charge in [-0.2, -0.15) is 0 Å². The quantitative estimate of drug-likeness (QED) is 0.692. The van der Waals surface area contributed by atoms with Crippen LogP contribution in [0.2, 0.25) is 0 Å². The zero-order valence-corrected chi connectivity index (χ0v) is 15.9. The fourth-order valence-corrected chi connectivity index (χ4v) is 2.72. The maximum atomic E-state index is 12.5. The summed E-state index contributed by atoms with van der Waals surface area (Å²) in [7, 11) is -0.424. The normalized spacial score (nSPS) is 25.5. The van der Waals surface area contributed by atoms with E-state index in [-0.39, 0.29) is 17.3 Å². The Morgan fingerprint density at radius 2 is 1.61 bits per heavy atom. The largest absolute Gasteiger partial charge is 0.492 e. The standard InChI is InChI=1S/C17H30BNO4/c1-14(2,3)21-13(20)19-11-12(10-15(19,4)5)18-22-16(6,7)17(8,9)23-18/h10H,11H2,1-9H3. The molecule has 2 aliphatic heterocycles. The molecule has 0 N–H and O–H groups in total. The zero-order chi connectivity index (χ0) is 17.8. The van der Waals surface area contributed by atoms with Gasteiger partial charge in [-0.25, -0.2) is 4.79 Å². The number of carbonyl (C=O) groups is 1. The first-order chi connectivity index (χ1) is 10.1. The Hall–Kier alpha value is -1.01. The molecule has 2 heterocycles. The van der Waals surface area contributed by atoms with E-state index in [1.165, 1.54) is 0 Å². The molecule has 2 rings (SSSR count). The fraction of sp³-hybridized carbons (Fsp3) is 0.824. The van der Waals surface area contributed by atoms with Crippen LogP contribution in [0.4, 0.5) is 4.79 Å². The summed E-state index contributed by atoms with van der Waals surface area (Å²) in [6.45, 7) is 18.2. The maximum absolute atomic E-state index is 12.5. The molecule has 0 aliphatic carbocycles. The van der Waals surface area contributed by atoms with Crippen molar-refractivity contribution in [3.8, 4) is 0 Å². The van der Waals surface area contributed by atoms with Crippen molar-refractivity contribution in [1.29, 1.82) is 0 Å². The molecule has 1 fully saturated rings. The van der Waals surface area contributed by atoms with Crippen LogP contribution in [-0.4, -0.2) is 47.0 Å². The van der Waals surface area contributed by atoms with Gasteiger partial charge in [-0.15, -0.1) is 0 Å². The van der Waals surface area contributed by atoms with E-state index in [1.807, 2.05) is 62.3 Å². The van der Waals surface area contributed by atoms with Crippen molar-refractivity contribution < 1.29 is 18.8 Å². The van der Waals surface area contributed by atoms with Crippen LogP contribution >= 0.6 is 0 Å². The minimum absolute atomic E-state index is 0.315. The first-order valence-electron chi connectivity index (χ1n) is 8.23. The molecule has 0 radical (unpaired) electrons. The monoisotopic (exact) mass is 323 g/mol. The molecule has 5 nitrogen and oxygen atoms in total. The predicted molar refractivity (Wildman–Crippen MR) is 91.2 cm³/mol. The van der Waals surface area contributed by atoms with Gasteiger partial charge in [-0.3, -0.25) is 4.90 Å². The molecule has 6 heteroatoms. The van der Waals surface area contributed by atoms with Gasteiger partial charge in [-0.1, -0.05) is 6.08 Å². The van der Waals surface area contributed by atoms with Crippen molar-refractivity contribution in [3.05, 3.63) is 11.5 Å². The van der Waals surface area contributed by atoms with Gasteiger partial charge in [0.15, 0.2) is 0 Å². The SMILES string of the molecule is CC(C)(C)OC(=O)N1CC(B2OC(C)(C)C(C)(C)O2)=CC1(C)C. The molecular weight excluding hydrogens is 293 g/mol. The number of rotatable bonds is 1. The van der Waals surface area contributed by atoms with E-state index in [0.29, 0.717) is 6.54 Å². The van der Waals surface area contributed by atoms with Gasteiger partial charge in [0.05, 0.1) is 16.7 Å². The van der Waals surface area contributed by atoms with Crippen LogP contribution in [0, 0.1) is 0 Å². The van der Waals surface area contributed by atoms with E-state index in [9.17, 15) is 4.79 Å². The van der Waals surface area contributed by atoms with E-state index in [0.717, 1.165) is 5.47 Å². The average molecular weight is 323 g/mol. The topological polar surface area (TPSA) is 48.0 Å². The Labute approximate surface area is 140 Å². The predicted octanol–water partition coefficient (Wildman–Crippen LogP) is 3.57. The molecule has 0 aromatic heterocycles. The van der Waals surface area contributed by atoms with Crippen molar-refractivity contribution in [2.75, 3.05) is 6.54 Å².